The van der Waals surface area contributed by atoms with E-state index in [1.807, 2.05) is 56.3 Å². The van der Waals surface area contributed by atoms with Crippen LogP contribution in [-0.2, 0) is 4.79 Å². The molecule has 0 bridgehead atoms. The number of hydrogen-bond donors (Lipinski definition) is 1. The van der Waals surface area contributed by atoms with Gasteiger partial charge in [0.25, 0.3) is 5.91 Å². The summed E-state index contributed by atoms with van der Waals surface area (Å²) >= 11 is 0. The molecule has 0 saturated heterocycles. The Balaban J connectivity index is 1.64. The molecule has 28 heavy (non-hydrogen) atoms. The fraction of sp³-hybridized carbons (Fsp3) is 0.217. The summed E-state index contributed by atoms with van der Waals surface area (Å²) in [6.07, 6.45) is 0. The van der Waals surface area contributed by atoms with Crippen LogP contribution in [0.4, 0.5) is 11.4 Å². The van der Waals surface area contributed by atoms with Crippen molar-refractivity contribution in [3.8, 4) is 5.75 Å². The lowest BCUT2D eigenvalue weighted by Gasteiger charge is -2.24. The molecule has 3 aromatic carbocycles. The van der Waals surface area contributed by atoms with Crippen molar-refractivity contribution in [2.45, 2.75) is 13.8 Å². The van der Waals surface area contributed by atoms with Crippen molar-refractivity contribution in [3.05, 3.63) is 66.2 Å². The maximum Gasteiger partial charge on any atom is 0.256 e. The Morgan fingerprint density at radius 2 is 1.82 bits per heavy atom. The third-order valence-corrected chi connectivity index (χ3v) is 5.09. The smallest absolute Gasteiger partial charge is 0.256 e. The number of ether oxygens (including phenoxy) is 1. The SMILES string of the molecule is CN1C(=O)C(C)(C)COc2cc(NC(=O)c3cccc4ccccc34)ccc21. The van der Waals surface area contributed by atoms with E-state index in [4.69, 9.17) is 4.74 Å². The first-order chi connectivity index (χ1) is 13.4. The van der Waals surface area contributed by atoms with E-state index in [1.54, 1.807) is 30.1 Å². The van der Waals surface area contributed by atoms with E-state index in [-0.39, 0.29) is 18.4 Å². The fourth-order valence-electron chi connectivity index (χ4n) is 3.49. The number of benzene rings is 3. The summed E-state index contributed by atoms with van der Waals surface area (Å²) in [6.45, 7) is 4.01. The van der Waals surface area contributed by atoms with E-state index in [0.29, 0.717) is 22.7 Å². The second-order valence-corrected chi connectivity index (χ2v) is 7.70. The quantitative estimate of drug-likeness (QED) is 0.720. The molecule has 0 spiro atoms. The molecule has 3 aromatic rings. The topological polar surface area (TPSA) is 58.6 Å². The van der Waals surface area contributed by atoms with Crippen molar-refractivity contribution in [1.82, 2.24) is 0 Å². The Bertz CT molecular complexity index is 1080. The highest BCUT2D eigenvalue weighted by molar-refractivity contribution is 6.13. The van der Waals surface area contributed by atoms with E-state index in [0.717, 1.165) is 10.8 Å². The van der Waals surface area contributed by atoms with Crippen LogP contribution in [0.15, 0.2) is 60.7 Å². The van der Waals surface area contributed by atoms with E-state index in [9.17, 15) is 9.59 Å². The predicted octanol–water partition coefficient (Wildman–Crippen LogP) is 4.47. The lowest BCUT2D eigenvalue weighted by Crippen LogP contribution is -2.39. The number of carbonyl (C=O) groups is 2. The molecule has 1 N–H and O–H groups in total. The summed E-state index contributed by atoms with van der Waals surface area (Å²) in [5.41, 5.74) is 1.32. The highest BCUT2D eigenvalue weighted by Gasteiger charge is 2.36. The third kappa shape index (κ3) is 3.09. The lowest BCUT2D eigenvalue weighted by molar-refractivity contribution is -0.127. The van der Waals surface area contributed by atoms with Crippen molar-refractivity contribution < 1.29 is 14.3 Å². The molecular weight excluding hydrogens is 352 g/mol. The predicted molar refractivity (Wildman–Crippen MR) is 111 cm³/mol. The minimum atomic E-state index is -0.611. The summed E-state index contributed by atoms with van der Waals surface area (Å²) in [5, 5.41) is 4.87. The molecule has 4 rings (SSSR count). The van der Waals surface area contributed by atoms with E-state index in [2.05, 4.69) is 5.32 Å². The number of nitrogens with one attached hydrogen (secondary N) is 1. The van der Waals surface area contributed by atoms with Crippen LogP contribution in [0.2, 0.25) is 0 Å². The Kier molecular flexibility index (Phi) is 4.30. The highest BCUT2D eigenvalue weighted by atomic mass is 16.5. The van der Waals surface area contributed by atoms with Crippen LogP contribution in [0.3, 0.4) is 0 Å². The fourth-order valence-corrected chi connectivity index (χ4v) is 3.49. The molecule has 0 fully saturated rings. The molecule has 5 heteroatoms. The standard InChI is InChI=1S/C23H22N2O3/c1-23(2)14-28-20-13-16(11-12-19(20)25(3)22(23)27)24-21(26)18-10-6-8-15-7-4-5-9-17(15)18/h4-13H,14H2,1-3H3,(H,24,26). The first-order valence-corrected chi connectivity index (χ1v) is 9.21. The zero-order valence-corrected chi connectivity index (χ0v) is 16.2. The van der Waals surface area contributed by atoms with Crippen LogP contribution in [0.1, 0.15) is 24.2 Å². The van der Waals surface area contributed by atoms with Crippen molar-refractivity contribution in [3.63, 3.8) is 0 Å². The van der Waals surface area contributed by atoms with Crippen LogP contribution in [-0.4, -0.2) is 25.5 Å². The second kappa shape index (κ2) is 6.68. The second-order valence-electron chi connectivity index (χ2n) is 7.70. The number of nitrogens with zero attached hydrogens (tertiary/aromatic N) is 1. The molecule has 1 heterocycles. The van der Waals surface area contributed by atoms with Crippen LogP contribution in [0.25, 0.3) is 10.8 Å². The molecule has 0 aromatic heterocycles. The molecule has 0 aliphatic carbocycles. The Morgan fingerprint density at radius 1 is 1.07 bits per heavy atom. The summed E-state index contributed by atoms with van der Waals surface area (Å²) in [7, 11) is 1.74. The van der Waals surface area contributed by atoms with Gasteiger partial charge in [-0.15, -0.1) is 0 Å². The Labute approximate surface area is 163 Å². The van der Waals surface area contributed by atoms with Crippen molar-refractivity contribution in [1.29, 1.82) is 0 Å². The number of rotatable bonds is 2. The normalized spacial score (nSPS) is 15.5. The zero-order valence-electron chi connectivity index (χ0n) is 16.2. The third-order valence-electron chi connectivity index (χ3n) is 5.09. The van der Waals surface area contributed by atoms with Gasteiger partial charge in [-0.1, -0.05) is 36.4 Å². The van der Waals surface area contributed by atoms with Crippen molar-refractivity contribution in [2.24, 2.45) is 5.41 Å². The van der Waals surface area contributed by atoms with E-state index in [1.165, 1.54) is 0 Å². The Hall–Kier alpha value is -3.34. The molecule has 5 nitrogen and oxygen atoms in total. The highest BCUT2D eigenvalue weighted by Crippen LogP contribution is 2.37. The summed E-state index contributed by atoms with van der Waals surface area (Å²) in [5.74, 6) is 0.395. The monoisotopic (exact) mass is 374 g/mol. The summed E-state index contributed by atoms with van der Waals surface area (Å²) < 4.78 is 5.89. The van der Waals surface area contributed by atoms with Gasteiger partial charge in [0, 0.05) is 24.4 Å². The number of anilines is 2. The van der Waals surface area contributed by atoms with Gasteiger partial charge in [0.05, 0.1) is 11.1 Å². The van der Waals surface area contributed by atoms with E-state index < -0.39 is 5.41 Å². The van der Waals surface area contributed by atoms with Gasteiger partial charge in [-0.3, -0.25) is 9.59 Å². The first-order valence-electron chi connectivity index (χ1n) is 9.21. The van der Waals surface area contributed by atoms with Gasteiger partial charge in [0.2, 0.25) is 5.91 Å². The molecular formula is C23H22N2O3. The molecule has 2 amide bonds. The van der Waals surface area contributed by atoms with Crippen LogP contribution in [0.5, 0.6) is 5.75 Å². The summed E-state index contributed by atoms with van der Waals surface area (Å²) in [4.78, 5) is 27.1. The maximum absolute atomic E-state index is 12.9. The minimum absolute atomic E-state index is 0.00112. The average molecular weight is 374 g/mol. The van der Waals surface area contributed by atoms with Gasteiger partial charge < -0.3 is 15.0 Å². The molecule has 0 saturated carbocycles. The van der Waals surface area contributed by atoms with E-state index >= 15 is 0 Å². The minimum Gasteiger partial charge on any atom is -0.490 e. The van der Waals surface area contributed by atoms with Gasteiger partial charge in [-0.25, -0.2) is 0 Å². The lowest BCUT2D eigenvalue weighted by atomic mass is 9.93. The largest absolute Gasteiger partial charge is 0.490 e. The average Bonchev–Trinajstić information content (AvgIpc) is 2.78. The first kappa shape index (κ1) is 18.0. The molecule has 0 radical (unpaired) electrons. The van der Waals surface area contributed by atoms with Crippen molar-refractivity contribution in [2.75, 3.05) is 23.9 Å². The maximum atomic E-state index is 12.9. The number of carbonyl (C=O) groups excluding carboxylic acids is 2. The zero-order chi connectivity index (χ0) is 19.9. The molecule has 0 unspecified atom stereocenters. The Morgan fingerprint density at radius 3 is 2.64 bits per heavy atom. The molecule has 142 valence electrons. The molecule has 0 atom stereocenters. The van der Waals surface area contributed by atoms with Gasteiger partial charge in [-0.2, -0.15) is 0 Å². The van der Waals surface area contributed by atoms with Gasteiger partial charge in [-0.05, 0) is 42.8 Å². The van der Waals surface area contributed by atoms with Crippen molar-refractivity contribution >= 4 is 34.0 Å². The van der Waals surface area contributed by atoms with Gasteiger partial charge in [0.1, 0.15) is 12.4 Å². The van der Waals surface area contributed by atoms with Gasteiger partial charge >= 0.3 is 0 Å². The molecule has 1 aliphatic rings. The number of fused-ring (bicyclic) bond motifs is 2. The number of amides is 2. The summed E-state index contributed by atoms with van der Waals surface area (Å²) in [6, 6.07) is 18.8. The van der Waals surface area contributed by atoms with Gasteiger partial charge in [0.15, 0.2) is 0 Å². The van der Waals surface area contributed by atoms with Crippen LogP contribution in [0, 0.1) is 5.41 Å². The number of hydrogen-bond acceptors (Lipinski definition) is 3. The molecule has 1 aliphatic heterocycles. The van der Waals surface area contributed by atoms with Crippen LogP contribution < -0.4 is 15.0 Å². The van der Waals surface area contributed by atoms with Crippen LogP contribution >= 0.6 is 0 Å².